The molecule has 0 radical (unpaired) electrons. The molecule has 2 heteroatoms. The van der Waals surface area contributed by atoms with E-state index in [-0.39, 0.29) is 12.0 Å². The van der Waals surface area contributed by atoms with Gasteiger partial charge in [0.15, 0.2) is 0 Å². The van der Waals surface area contributed by atoms with E-state index in [0.717, 1.165) is 12.1 Å². The molecule has 0 aromatic heterocycles. The normalized spacial score (nSPS) is 14.7. The van der Waals surface area contributed by atoms with Crippen LogP contribution in [-0.4, -0.2) is 18.3 Å². The second-order valence-electron chi connectivity index (χ2n) is 6.86. The van der Waals surface area contributed by atoms with Crippen molar-refractivity contribution in [3.63, 3.8) is 0 Å². The topological polar surface area (TPSA) is 32.3 Å². The molecule has 0 aromatic carbocycles. The summed E-state index contributed by atoms with van der Waals surface area (Å²) in [4.78, 5) is 0. The average molecular weight is 227 g/mol. The zero-order valence-electron chi connectivity index (χ0n) is 11.9. The molecule has 0 spiro atoms. The summed E-state index contributed by atoms with van der Waals surface area (Å²) in [5.74, 6) is 0.430. The van der Waals surface area contributed by atoms with E-state index >= 15 is 0 Å². The summed E-state index contributed by atoms with van der Waals surface area (Å²) >= 11 is 0. The lowest BCUT2D eigenvalue weighted by atomic mass is 9.71. The van der Waals surface area contributed by atoms with Crippen LogP contribution in [0.15, 0.2) is 12.3 Å². The first-order chi connectivity index (χ1) is 7.08. The van der Waals surface area contributed by atoms with Crippen LogP contribution in [0, 0.1) is 16.7 Å². The summed E-state index contributed by atoms with van der Waals surface area (Å²) in [5, 5.41) is 12.0. The molecule has 0 fully saturated rings. The maximum Gasteiger partial charge on any atom is 0.0603 e. The standard InChI is InChI=1S/C14H29NO/c1-11(15-8-9-16)12(14(5,6)7)10-13(2,3)4/h12,15-16H,1,8-10H2,2-7H3. The van der Waals surface area contributed by atoms with Gasteiger partial charge in [-0.15, -0.1) is 0 Å². The van der Waals surface area contributed by atoms with Crippen molar-refractivity contribution in [2.24, 2.45) is 16.7 Å². The number of aliphatic hydroxyl groups excluding tert-OH is 1. The van der Waals surface area contributed by atoms with Crippen molar-refractivity contribution in [3.8, 4) is 0 Å². The predicted octanol–water partition coefficient (Wildman–Crippen LogP) is 3.18. The largest absolute Gasteiger partial charge is 0.395 e. The molecular formula is C14H29NO. The second-order valence-corrected chi connectivity index (χ2v) is 6.86. The molecule has 0 saturated carbocycles. The van der Waals surface area contributed by atoms with Crippen LogP contribution in [0.3, 0.4) is 0 Å². The van der Waals surface area contributed by atoms with Gasteiger partial charge in [0, 0.05) is 18.2 Å². The number of hydrogen-bond donors (Lipinski definition) is 2. The van der Waals surface area contributed by atoms with E-state index in [1.54, 1.807) is 0 Å². The van der Waals surface area contributed by atoms with Gasteiger partial charge in [-0.05, 0) is 17.3 Å². The maximum absolute atomic E-state index is 8.83. The molecule has 0 heterocycles. The van der Waals surface area contributed by atoms with E-state index in [9.17, 15) is 0 Å². The molecule has 0 aliphatic carbocycles. The molecule has 0 aliphatic heterocycles. The van der Waals surface area contributed by atoms with Gasteiger partial charge in [0.05, 0.1) is 6.61 Å². The molecular weight excluding hydrogens is 198 g/mol. The highest BCUT2D eigenvalue weighted by molar-refractivity contribution is 5.04. The number of nitrogens with one attached hydrogen (secondary N) is 1. The van der Waals surface area contributed by atoms with Gasteiger partial charge in [-0.3, -0.25) is 0 Å². The van der Waals surface area contributed by atoms with Crippen LogP contribution in [0.5, 0.6) is 0 Å². The minimum absolute atomic E-state index is 0.158. The van der Waals surface area contributed by atoms with Gasteiger partial charge in [-0.1, -0.05) is 48.1 Å². The van der Waals surface area contributed by atoms with Crippen molar-refractivity contribution < 1.29 is 5.11 Å². The molecule has 0 aliphatic rings. The maximum atomic E-state index is 8.83. The Balaban J connectivity index is 4.62. The summed E-state index contributed by atoms with van der Waals surface area (Å²) in [6.07, 6.45) is 1.10. The molecule has 0 amide bonds. The monoisotopic (exact) mass is 227 g/mol. The van der Waals surface area contributed by atoms with Crippen LogP contribution in [-0.2, 0) is 0 Å². The lowest BCUT2D eigenvalue weighted by Gasteiger charge is -2.37. The quantitative estimate of drug-likeness (QED) is 0.756. The van der Waals surface area contributed by atoms with E-state index in [2.05, 4.69) is 53.4 Å². The van der Waals surface area contributed by atoms with Crippen LogP contribution in [0.1, 0.15) is 48.0 Å². The third-order valence-electron chi connectivity index (χ3n) is 2.75. The van der Waals surface area contributed by atoms with Crippen LogP contribution in [0.4, 0.5) is 0 Å². The predicted molar refractivity (Wildman–Crippen MR) is 71.2 cm³/mol. The fourth-order valence-electron chi connectivity index (χ4n) is 1.90. The summed E-state index contributed by atoms with van der Waals surface area (Å²) in [5.41, 5.74) is 1.55. The van der Waals surface area contributed by atoms with Gasteiger partial charge in [0.2, 0.25) is 0 Å². The van der Waals surface area contributed by atoms with Gasteiger partial charge in [-0.25, -0.2) is 0 Å². The first-order valence-corrected chi connectivity index (χ1v) is 6.11. The van der Waals surface area contributed by atoms with Gasteiger partial charge >= 0.3 is 0 Å². The molecule has 0 saturated heterocycles. The molecule has 1 unspecified atom stereocenters. The Bertz CT molecular complexity index is 220. The zero-order chi connectivity index (χ0) is 13.0. The minimum atomic E-state index is 0.158. The number of allylic oxidation sites excluding steroid dienone is 1. The third kappa shape index (κ3) is 6.16. The first-order valence-electron chi connectivity index (χ1n) is 6.11. The van der Waals surface area contributed by atoms with E-state index in [1.165, 1.54) is 0 Å². The Morgan fingerprint density at radius 3 is 2.00 bits per heavy atom. The molecule has 1 atom stereocenters. The number of aliphatic hydroxyl groups is 1. The fraction of sp³-hybridized carbons (Fsp3) is 0.857. The van der Waals surface area contributed by atoms with E-state index in [0.29, 0.717) is 17.9 Å². The Labute approximate surface area is 101 Å². The van der Waals surface area contributed by atoms with Crippen molar-refractivity contribution in [2.45, 2.75) is 48.0 Å². The van der Waals surface area contributed by atoms with Crippen molar-refractivity contribution in [1.29, 1.82) is 0 Å². The molecule has 0 bridgehead atoms. The van der Waals surface area contributed by atoms with E-state index in [1.807, 2.05) is 0 Å². The third-order valence-corrected chi connectivity index (χ3v) is 2.75. The molecule has 0 aromatic rings. The van der Waals surface area contributed by atoms with Gasteiger partial charge in [0.25, 0.3) is 0 Å². The SMILES string of the molecule is C=C(NCCO)C(CC(C)(C)C)C(C)(C)C. The van der Waals surface area contributed by atoms with Crippen molar-refractivity contribution in [3.05, 3.63) is 12.3 Å². The Hall–Kier alpha value is -0.500. The summed E-state index contributed by atoms with van der Waals surface area (Å²) in [6.45, 7) is 18.4. The number of rotatable bonds is 5. The van der Waals surface area contributed by atoms with Crippen molar-refractivity contribution in [1.82, 2.24) is 5.32 Å². The lowest BCUT2D eigenvalue weighted by Crippen LogP contribution is -2.33. The smallest absolute Gasteiger partial charge is 0.0603 e. The highest BCUT2D eigenvalue weighted by atomic mass is 16.3. The molecule has 2 nitrogen and oxygen atoms in total. The highest BCUT2D eigenvalue weighted by Gasteiger charge is 2.30. The van der Waals surface area contributed by atoms with Crippen LogP contribution >= 0.6 is 0 Å². The Kier molecular flexibility index (Phi) is 5.54. The molecule has 16 heavy (non-hydrogen) atoms. The average Bonchev–Trinajstić information content (AvgIpc) is 2.07. The van der Waals surface area contributed by atoms with Crippen molar-refractivity contribution >= 4 is 0 Å². The first kappa shape index (κ1) is 15.5. The second kappa shape index (κ2) is 5.72. The Morgan fingerprint density at radius 2 is 1.69 bits per heavy atom. The highest BCUT2D eigenvalue weighted by Crippen LogP contribution is 2.38. The van der Waals surface area contributed by atoms with Crippen molar-refractivity contribution in [2.75, 3.05) is 13.2 Å². The number of hydrogen-bond acceptors (Lipinski definition) is 2. The van der Waals surface area contributed by atoms with Crippen LogP contribution < -0.4 is 5.32 Å². The van der Waals surface area contributed by atoms with Gasteiger partial charge in [-0.2, -0.15) is 0 Å². The molecule has 2 N–H and O–H groups in total. The summed E-state index contributed by atoms with van der Waals surface area (Å²) in [6, 6.07) is 0. The van der Waals surface area contributed by atoms with E-state index < -0.39 is 0 Å². The zero-order valence-corrected chi connectivity index (χ0v) is 11.9. The summed E-state index contributed by atoms with van der Waals surface area (Å²) < 4.78 is 0. The Morgan fingerprint density at radius 1 is 1.19 bits per heavy atom. The fourth-order valence-corrected chi connectivity index (χ4v) is 1.90. The van der Waals surface area contributed by atoms with Gasteiger partial charge < -0.3 is 10.4 Å². The summed E-state index contributed by atoms with van der Waals surface area (Å²) in [7, 11) is 0. The van der Waals surface area contributed by atoms with Gasteiger partial charge in [0.1, 0.15) is 0 Å². The molecule has 96 valence electrons. The molecule has 0 rings (SSSR count). The van der Waals surface area contributed by atoms with E-state index in [4.69, 9.17) is 5.11 Å². The van der Waals surface area contributed by atoms with Crippen LogP contribution in [0.2, 0.25) is 0 Å². The van der Waals surface area contributed by atoms with Crippen LogP contribution in [0.25, 0.3) is 0 Å². The lowest BCUT2D eigenvalue weighted by molar-refractivity contribution is 0.187. The minimum Gasteiger partial charge on any atom is -0.395 e.